The Morgan fingerprint density at radius 3 is 2.95 bits per heavy atom. The average Bonchev–Trinajstić information content (AvgIpc) is 3.25. The first-order valence-corrected chi connectivity index (χ1v) is 7.36. The van der Waals surface area contributed by atoms with Crippen LogP contribution in [0.3, 0.4) is 0 Å². The van der Waals surface area contributed by atoms with Gasteiger partial charge in [0.05, 0.1) is 6.04 Å². The van der Waals surface area contributed by atoms with Crippen LogP contribution in [0, 0.1) is 6.92 Å². The zero-order valence-corrected chi connectivity index (χ0v) is 12.2. The molecule has 1 aromatic heterocycles. The van der Waals surface area contributed by atoms with Crippen LogP contribution in [0.5, 0.6) is 11.5 Å². The molecule has 1 aromatic carbocycles. The molecule has 1 unspecified atom stereocenters. The number of aryl methyl sites for hydroxylation is 1. The van der Waals surface area contributed by atoms with Crippen LogP contribution in [0.25, 0.3) is 0 Å². The van der Waals surface area contributed by atoms with E-state index in [4.69, 9.17) is 14.0 Å². The predicted molar refractivity (Wildman–Crippen MR) is 76.8 cm³/mol. The lowest BCUT2D eigenvalue weighted by atomic mass is 10.1. The van der Waals surface area contributed by atoms with Crippen LogP contribution in [0.15, 0.2) is 28.8 Å². The molecule has 0 saturated carbocycles. The summed E-state index contributed by atoms with van der Waals surface area (Å²) in [7, 11) is 0. The third kappa shape index (κ3) is 2.11. The Morgan fingerprint density at radius 1 is 1.27 bits per heavy atom. The van der Waals surface area contributed by atoms with Crippen molar-refractivity contribution in [3.05, 3.63) is 41.3 Å². The summed E-state index contributed by atoms with van der Waals surface area (Å²) in [6.45, 7) is 2.79. The van der Waals surface area contributed by atoms with E-state index >= 15 is 0 Å². The largest absolute Gasteiger partial charge is 0.454 e. The van der Waals surface area contributed by atoms with E-state index in [1.54, 1.807) is 18.2 Å². The SMILES string of the molecule is Cc1cc(C2CCCN2C(=O)c2ccc3c(c2)OCO3)no1. The van der Waals surface area contributed by atoms with Gasteiger partial charge in [0.2, 0.25) is 6.79 Å². The summed E-state index contributed by atoms with van der Waals surface area (Å²) in [4.78, 5) is 14.7. The molecule has 4 rings (SSSR count). The maximum absolute atomic E-state index is 12.8. The standard InChI is InChI=1S/C16H16N2O4/c1-10-7-12(17-22-10)13-3-2-6-18(13)16(19)11-4-5-14-15(8-11)21-9-20-14/h4-5,7-8,13H,2-3,6,9H2,1H3. The smallest absolute Gasteiger partial charge is 0.254 e. The van der Waals surface area contributed by atoms with E-state index in [2.05, 4.69) is 5.16 Å². The molecule has 3 heterocycles. The number of rotatable bonds is 2. The first-order chi connectivity index (χ1) is 10.7. The third-order valence-electron chi connectivity index (χ3n) is 4.12. The number of aromatic nitrogens is 1. The van der Waals surface area contributed by atoms with E-state index in [9.17, 15) is 4.79 Å². The summed E-state index contributed by atoms with van der Waals surface area (Å²) in [5.41, 5.74) is 1.43. The Morgan fingerprint density at radius 2 is 2.14 bits per heavy atom. The molecule has 114 valence electrons. The van der Waals surface area contributed by atoms with E-state index < -0.39 is 0 Å². The fourth-order valence-electron chi connectivity index (χ4n) is 3.06. The number of benzene rings is 1. The molecule has 6 heteroatoms. The Balaban J connectivity index is 1.61. The number of fused-ring (bicyclic) bond motifs is 1. The van der Waals surface area contributed by atoms with Crippen LogP contribution in [-0.4, -0.2) is 29.3 Å². The highest BCUT2D eigenvalue weighted by molar-refractivity contribution is 5.95. The molecular weight excluding hydrogens is 284 g/mol. The maximum atomic E-state index is 12.8. The fraction of sp³-hybridized carbons (Fsp3) is 0.375. The summed E-state index contributed by atoms with van der Waals surface area (Å²) in [5.74, 6) is 2.05. The van der Waals surface area contributed by atoms with Gasteiger partial charge in [-0.1, -0.05) is 5.16 Å². The summed E-state index contributed by atoms with van der Waals surface area (Å²) in [6, 6.07) is 7.18. The molecule has 0 spiro atoms. The van der Waals surface area contributed by atoms with Crippen molar-refractivity contribution in [3.8, 4) is 11.5 Å². The normalized spacial score (nSPS) is 19.7. The predicted octanol–water partition coefficient (Wildman–Crippen LogP) is 2.69. The van der Waals surface area contributed by atoms with Gasteiger partial charge >= 0.3 is 0 Å². The minimum atomic E-state index is -0.0182. The number of nitrogens with zero attached hydrogens (tertiary/aromatic N) is 2. The third-order valence-corrected chi connectivity index (χ3v) is 4.12. The quantitative estimate of drug-likeness (QED) is 0.853. The zero-order valence-electron chi connectivity index (χ0n) is 12.2. The lowest BCUT2D eigenvalue weighted by Crippen LogP contribution is -2.30. The molecule has 1 atom stereocenters. The molecule has 2 aromatic rings. The van der Waals surface area contributed by atoms with E-state index in [1.165, 1.54) is 0 Å². The number of hydrogen-bond donors (Lipinski definition) is 0. The second-order valence-electron chi connectivity index (χ2n) is 5.59. The van der Waals surface area contributed by atoms with Crippen molar-refractivity contribution < 1.29 is 18.8 Å². The van der Waals surface area contributed by atoms with Crippen LogP contribution in [0.4, 0.5) is 0 Å². The Bertz CT molecular complexity index is 725. The molecule has 1 fully saturated rings. The van der Waals surface area contributed by atoms with Crippen molar-refractivity contribution in [2.75, 3.05) is 13.3 Å². The average molecular weight is 300 g/mol. The van der Waals surface area contributed by atoms with Gasteiger partial charge in [-0.25, -0.2) is 0 Å². The van der Waals surface area contributed by atoms with Crippen molar-refractivity contribution in [2.45, 2.75) is 25.8 Å². The molecule has 0 radical (unpaired) electrons. The van der Waals surface area contributed by atoms with Crippen LogP contribution >= 0.6 is 0 Å². The second kappa shape index (κ2) is 5.05. The lowest BCUT2D eigenvalue weighted by molar-refractivity contribution is 0.0730. The van der Waals surface area contributed by atoms with Gasteiger partial charge in [0.15, 0.2) is 11.5 Å². The monoisotopic (exact) mass is 300 g/mol. The first kappa shape index (κ1) is 13.2. The van der Waals surface area contributed by atoms with Crippen LogP contribution < -0.4 is 9.47 Å². The van der Waals surface area contributed by atoms with Crippen LogP contribution in [0.2, 0.25) is 0 Å². The second-order valence-corrected chi connectivity index (χ2v) is 5.59. The van der Waals surface area contributed by atoms with Crippen molar-refractivity contribution in [3.63, 3.8) is 0 Å². The topological polar surface area (TPSA) is 64.8 Å². The summed E-state index contributed by atoms with van der Waals surface area (Å²) < 4.78 is 15.8. The molecule has 2 aliphatic heterocycles. The van der Waals surface area contributed by atoms with Gasteiger partial charge in [0.1, 0.15) is 11.5 Å². The number of ether oxygens (including phenoxy) is 2. The van der Waals surface area contributed by atoms with Gasteiger partial charge in [0.25, 0.3) is 5.91 Å². The number of likely N-dealkylation sites (tertiary alicyclic amines) is 1. The van der Waals surface area contributed by atoms with Gasteiger partial charge in [-0.05, 0) is 38.0 Å². The van der Waals surface area contributed by atoms with E-state index in [0.717, 1.165) is 30.8 Å². The molecule has 2 aliphatic rings. The summed E-state index contributed by atoms with van der Waals surface area (Å²) in [6.07, 6.45) is 1.87. The highest BCUT2D eigenvalue weighted by atomic mass is 16.7. The van der Waals surface area contributed by atoms with Gasteiger partial charge in [-0.15, -0.1) is 0 Å². The van der Waals surface area contributed by atoms with Crippen molar-refractivity contribution in [1.29, 1.82) is 0 Å². The highest BCUT2D eigenvalue weighted by Crippen LogP contribution is 2.36. The zero-order chi connectivity index (χ0) is 15.1. The number of amides is 1. The molecule has 0 N–H and O–H groups in total. The van der Waals surface area contributed by atoms with Gasteiger partial charge in [-0.3, -0.25) is 4.79 Å². The molecule has 0 aliphatic carbocycles. The number of hydrogen-bond acceptors (Lipinski definition) is 5. The van der Waals surface area contributed by atoms with Crippen molar-refractivity contribution in [2.24, 2.45) is 0 Å². The molecular formula is C16H16N2O4. The molecule has 0 bridgehead atoms. The molecule has 6 nitrogen and oxygen atoms in total. The Kier molecular flexibility index (Phi) is 3.03. The van der Waals surface area contributed by atoms with E-state index in [0.29, 0.717) is 17.1 Å². The number of carbonyl (C=O) groups excluding carboxylic acids is 1. The minimum Gasteiger partial charge on any atom is -0.454 e. The first-order valence-electron chi connectivity index (χ1n) is 7.36. The van der Waals surface area contributed by atoms with Crippen LogP contribution in [0.1, 0.15) is 40.7 Å². The van der Waals surface area contributed by atoms with E-state index in [-0.39, 0.29) is 18.7 Å². The van der Waals surface area contributed by atoms with Gasteiger partial charge in [-0.2, -0.15) is 0 Å². The summed E-state index contributed by atoms with van der Waals surface area (Å²) in [5, 5.41) is 4.07. The number of carbonyl (C=O) groups is 1. The molecule has 22 heavy (non-hydrogen) atoms. The minimum absolute atomic E-state index is 0.0125. The Hall–Kier alpha value is -2.50. The maximum Gasteiger partial charge on any atom is 0.254 e. The highest BCUT2D eigenvalue weighted by Gasteiger charge is 2.33. The fourth-order valence-corrected chi connectivity index (χ4v) is 3.06. The lowest BCUT2D eigenvalue weighted by Gasteiger charge is -2.23. The van der Waals surface area contributed by atoms with Gasteiger partial charge < -0.3 is 18.9 Å². The van der Waals surface area contributed by atoms with Crippen LogP contribution in [-0.2, 0) is 0 Å². The molecule has 1 saturated heterocycles. The van der Waals surface area contributed by atoms with Gasteiger partial charge in [0, 0.05) is 18.2 Å². The van der Waals surface area contributed by atoms with E-state index in [1.807, 2.05) is 17.9 Å². The summed E-state index contributed by atoms with van der Waals surface area (Å²) >= 11 is 0. The molecule has 1 amide bonds. The van der Waals surface area contributed by atoms with Crippen molar-refractivity contribution >= 4 is 5.91 Å². The Labute approximate surface area is 127 Å². The van der Waals surface area contributed by atoms with Crippen molar-refractivity contribution in [1.82, 2.24) is 10.1 Å².